The lowest BCUT2D eigenvalue weighted by Gasteiger charge is -2.18. The van der Waals surface area contributed by atoms with Gasteiger partial charge in [-0.05, 0) is 54.7 Å². The van der Waals surface area contributed by atoms with Crippen LogP contribution >= 0.6 is 0 Å². The van der Waals surface area contributed by atoms with E-state index in [2.05, 4.69) is 12.2 Å². The molecule has 6 rings (SSSR count). The summed E-state index contributed by atoms with van der Waals surface area (Å²) < 4.78 is 10.7. The van der Waals surface area contributed by atoms with Crippen LogP contribution in [-0.2, 0) is 19.2 Å². The summed E-state index contributed by atoms with van der Waals surface area (Å²) in [6.07, 6.45) is 5.02. The molecule has 3 amide bonds. The average Bonchev–Trinajstić information content (AvgIpc) is 3.63. The molecule has 2 bridgehead atoms. The molecule has 5 atom stereocenters. The average molecular weight is 472 g/mol. The number of anilines is 2. The Kier molecular flexibility index (Phi) is 4.98. The van der Waals surface area contributed by atoms with E-state index in [1.54, 1.807) is 60.5 Å². The lowest BCUT2D eigenvalue weighted by Crippen LogP contribution is -2.32. The number of fused-ring (bicyclic) bond motifs is 5. The number of hydrogen-bond acceptors (Lipinski definition) is 6. The Hall–Kier alpha value is -3.94. The molecule has 0 N–H and O–H groups in total. The first kappa shape index (κ1) is 21.6. The molecule has 2 aromatic carbocycles. The maximum Gasteiger partial charge on any atom is 0.316 e. The number of carbonyl (C=O) groups is 4. The van der Waals surface area contributed by atoms with Gasteiger partial charge >= 0.3 is 5.97 Å². The van der Waals surface area contributed by atoms with Gasteiger partial charge in [0.05, 0.1) is 30.6 Å². The van der Waals surface area contributed by atoms with Crippen molar-refractivity contribution in [3.63, 3.8) is 0 Å². The zero-order valence-electron chi connectivity index (χ0n) is 19.1. The van der Waals surface area contributed by atoms with Crippen molar-refractivity contribution in [1.82, 2.24) is 0 Å². The maximum atomic E-state index is 13.1. The number of imide groups is 1. The summed E-state index contributed by atoms with van der Waals surface area (Å²) in [7, 11) is 1.57. The number of amides is 3. The van der Waals surface area contributed by atoms with Gasteiger partial charge in [-0.3, -0.25) is 19.2 Å². The van der Waals surface area contributed by atoms with Crippen LogP contribution < -0.4 is 19.3 Å². The summed E-state index contributed by atoms with van der Waals surface area (Å²) in [4.78, 5) is 54.4. The second kappa shape index (κ2) is 8.08. The summed E-state index contributed by atoms with van der Waals surface area (Å²) in [5, 5.41) is 0. The third kappa shape index (κ3) is 3.43. The molecule has 178 valence electrons. The van der Waals surface area contributed by atoms with Crippen molar-refractivity contribution >= 4 is 35.1 Å². The molecule has 0 spiro atoms. The first-order valence-corrected chi connectivity index (χ1v) is 11.8. The van der Waals surface area contributed by atoms with Gasteiger partial charge < -0.3 is 14.4 Å². The number of nitrogens with zero attached hydrogens (tertiary/aromatic N) is 2. The molecule has 2 aromatic rings. The third-order valence-electron chi connectivity index (χ3n) is 7.61. The van der Waals surface area contributed by atoms with Crippen molar-refractivity contribution in [2.75, 3.05) is 23.5 Å². The van der Waals surface area contributed by atoms with Gasteiger partial charge in [0.2, 0.25) is 17.7 Å². The van der Waals surface area contributed by atoms with Crippen LogP contribution in [0, 0.1) is 29.6 Å². The third-order valence-corrected chi connectivity index (χ3v) is 7.61. The molecule has 35 heavy (non-hydrogen) atoms. The van der Waals surface area contributed by atoms with Crippen molar-refractivity contribution in [2.45, 2.75) is 12.8 Å². The number of benzene rings is 2. The lowest BCUT2D eigenvalue weighted by molar-refractivity contribution is -0.139. The minimum absolute atomic E-state index is 0.0484. The topological polar surface area (TPSA) is 93.2 Å². The summed E-state index contributed by atoms with van der Waals surface area (Å²) in [5.74, 6) is -1.09. The fourth-order valence-corrected chi connectivity index (χ4v) is 5.92. The number of carbonyl (C=O) groups excluding carboxylic acids is 4. The van der Waals surface area contributed by atoms with Gasteiger partial charge in [0.1, 0.15) is 11.5 Å². The van der Waals surface area contributed by atoms with E-state index in [0.717, 1.165) is 6.42 Å². The number of esters is 1. The Balaban J connectivity index is 1.15. The van der Waals surface area contributed by atoms with Gasteiger partial charge in [-0.2, -0.15) is 0 Å². The predicted octanol–water partition coefficient (Wildman–Crippen LogP) is 2.97. The zero-order valence-corrected chi connectivity index (χ0v) is 19.1. The summed E-state index contributed by atoms with van der Waals surface area (Å²) in [6.45, 7) is 0.214. The van der Waals surface area contributed by atoms with Gasteiger partial charge in [0.15, 0.2) is 0 Å². The van der Waals surface area contributed by atoms with Crippen molar-refractivity contribution in [2.24, 2.45) is 29.6 Å². The van der Waals surface area contributed by atoms with E-state index in [0.29, 0.717) is 17.1 Å². The molecule has 4 aliphatic rings. The molecular formula is C27H24N2O6. The van der Waals surface area contributed by atoms with E-state index in [1.165, 1.54) is 4.90 Å². The normalized spacial score (nSPS) is 28.7. The highest BCUT2D eigenvalue weighted by Crippen LogP contribution is 2.53. The molecule has 2 saturated heterocycles. The molecule has 2 aliphatic heterocycles. The molecule has 2 aliphatic carbocycles. The largest absolute Gasteiger partial charge is 0.497 e. The van der Waals surface area contributed by atoms with Crippen LogP contribution in [0.1, 0.15) is 12.8 Å². The first-order valence-electron chi connectivity index (χ1n) is 11.8. The summed E-state index contributed by atoms with van der Waals surface area (Å²) in [5.41, 5.74) is 1.09. The Labute approximate surface area is 202 Å². The van der Waals surface area contributed by atoms with Crippen LogP contribution in [0.25, 0.3) is 0 Å². The van der Waals surface area contributed by atoms with Crippen LogP contribution in [0.3, 0.4) is 0 Å². The number of allylic oxidation sites excluding steroid dienone is 2. The van der Waals surface area contributed by atoms with E-state index in [9.17, 15) is 19.2 Å². The lowest BCUT2D eigenvalue weighted by atomic mass is 9.85. The van der Waals surface area contributed by atoms with E-state index in [-0.39, 0.29) is 60.1 Å². The molecule has 3 fully saturated rings. The van der Waals surface area contributed by atoms with Gasteiger partial charge in [-0.25, -0.2) is 4.90 Å². The number of methoxy groups -OCH3 is 1. The van der Waals surface area contributed by atoms with Crippen molar-refractivity contribution < 1.29 is 28.7 Å². The fraction of sp³-hybridized carbons (Fsp3) is 0.333. The zero-order chi connectivity index (χ0) is 24.3. The molecular weight excluding hydrogens is 448 g/mol. The molecule has 1 saturated carbocycles. The minimum Gasteiger partial charge on any atom is -0.497 e. The smallest absolute Gasteiger partial charge is 0.316 e. The molecule has 0 unspecified atom stereocenters. The van der Waals surface area contributed by atoms with Crippen molar-refractivity contribution in [3.05, 3.63) is 60.7 Å². The highest BCUT2D eigenvalue weighted by Gasteiger charge is 2.59. The number of hydrogen-bond donors (Lipinski definition) is 0. The van der Waals surface area contributed by atoms with Crippen LogP contribution in [0.2, 0.25) is 0 Å². The Morgan fingerprint density at radius 2 is 1.57 bits per heavy atom. The number of ether oxygens (including phenoxy) is 2. The van der Waals surface area contributed by atoms with Crippen LogP contribution in [0.15, 0.2) is 60.7 Å². The SMILES string of the molecule is COc1ccc(N2C[C@H](C(=O)Oc3cccc(N4C(=O)[C@@H]5[C@H](C4=O)[C@H]4C=C[C@@H]5C4)c3)CC2=O)cc1. The standard InChI is InChI=1S/C27H24N2O6/c1-34-20-9-7-18(8-10-20)28-14-17(12-22(28)30)27(33)35-21-4-2-3-19(13-21)29-25(31)23-15-5-6-16(11-15)24(23)26(29)32/h2-10,13,15-17,23-24H,11-12,14H2,1H3/t15-,16+,17-,23+,24-/m1/s1. The monoisotopic (exact) mass is 472 g/mol. The molecule has 8 nitrogen and oxygen atoms in total. The number of rotatable bonds is 5. The molecule has 0 aromatic heterocycles. The van der Waals surface area contributed by atoms with Crippen molar-refractivity contribution in [1.29, 1.82) is 0 Å². The maximum absolute atomic E-state index is 13.1. The quantitative estimate of drug-likeness (QED) is 0.288. The fourth-order valence-electron chi connectivity index (χ4n) is 5.92. The molecule has 0 radical (unpaired) electrons. The van der Waals surface area contributed by atoms with E-state index < -0.39 is 11.9 Å². The van der Waals surface area contributed by atoms with E-state index >= 15 is 0 Å². The van der Waals surface area contributed by atoms with Gasteiger partial charge in [-0.1, -0.05) is 18.2 Å². The minimum atomic E-state index is -0.621. The van der Waals surface area contributed by atoms with Crippen molar-refractivity contribution in [3.8, 4) is 11.5 Å². The summed E-state index contributed by atoms with van der Waals surface area (Å²) >= 11 is 0. The van der Waals surface area contributed by atoms with E-state index in [1.807, 2.05) is 0 Å². The predicted molar refractivity (Wildman–Crippen MR) is 126 cm³/mol. The van der Waals surface area contributed by atoms with Crippen LogP contribution in [0.4, 0.5) is 11.4 Å². The molecule has 8 heteroatoms. The second-order valence-corrected chi connectivity index (χ2v) is 9.53. The molecule has 2 heterocycles. The van der Waals surface area contributed by atoms with Gasteiger partial charge in [0.25, 0.3) is 0 Å². The highest BCUT2D eigenvalue weighted by molar-refractivity contribution is 6.22. The highest BCUT2D eigenvalue weighted by atomic mass is 16.5. The van der Waals surface area contributed by atoms with Crippen LogP contribution in [0.5, 0.6) is 11.5 Å². The second-order valence-electron chi connectivity index (χ2n) is 9.53. The Bertz CT molecular complexity index is 1240. The van der Waals surface area contributed by atoms with Crippen LogP contribution in [-0.4, -0.2) is 37.3 Å². The Morgan fingerprint density at radius 3 is 2.23 bits per heavy atom. The van der Waals surface area contributed by atoms with Gasteiger partial charge in [0, 0.05) is 24.7 Å². The van der Waals surface area contributed by atoms with Gasteiger partial charge in [-0.15, -0.1) is 0 Å². The van der Waals surface area contributed by atoms with E-state index in [4.69, 9.17) is 9.47 Å². The Morgan fingerprint density at radius 1 is 0.886 bits per heavy atom. The first-order chi connectivity index (χ1) is 16.9. The summed E-state index contributed by atoms with van der Waals surface area (Å²) in [6, 6.07) is 13.5.